The second-order valence-corrected chi connectivity index (χ2v) is 16.8. The summed E-state index contributed by atoms with van der Waals surface area (Å²) in [4.78, 5) is 0. The fraction of sp³-hybridized carbons (Fsp3) is 1.00. The molecule has 0 fully saturated rings. The van der Waals surface area contributed by atoms with E-state index in [1.54, 1.807) is 0 Å². The molecule has 0 saturated carbocycles. The fourth-order valence-electron chi connectivity index (χ4n) is 4.96. The lowest BCUT2D eigenvalue weighted by Gasteiger charge is -2.25. The third-order valence-corrected chi connectivity index (χ3v) is 12.9. The molecule has 0 spiro atoms. The summed E-state index contributed by atoms with van der Waals surface area (Å²) in [5, 5.41) is 0. The fourth-order valence-corrected chi connectivity index (χ4v) is 9.93. The van der Waals surface area contributed by atoms with E-state index in [2.05, 4.69) is 40.8 Å². The van der Waals surface area contributed by atoms with Crippen molar-refractivity contribution in [1.29, 1.82) is 0 Å². The Morgan fingerprint density at radius 3 is 0.676 bits per heavy atom. The molecule has 6 heteroatoms. The average Bonchev–Trinajstić information content (AvgIpc) is 2.79. The molecule has 4 nitrogen and oxygen atoms in total. The van der Waals surface area contributed by atoms with E-state index >= 15 is 0 Å². The van der Waals surface area contributed by atoms with Crippen LogP contribution < -0.4 is 0 Å². The summed E-state index contributed by atoms with van der Waals surface area (Å²) < 4.78 is 23.7. The van der Waals surface area contributed by atoms with Crippen LogP contribution in [-0.4, -0.2) is 43.5 Å². The van der Waals surface area contributed by atoms with E-state index in [0.29, 0.717) is 0 Å². The van der Waals surface area contributed by atoms with Gasteiger partial charge >= 0.3 is 17.1 Å². The van der Waals surface area contributed by atoms with Gasteiger partial charge in [0.15, 0.2) is 0 Å². The highest BCUT2D eigenvalue weighted by Gasteiger charge is 2.30. The van der Waals surface area contributed by atoms with Crippen LogP contribution in [0, 0.1) is 0 Å². The van der Waals surface area contributed by atoms with Gasteiger partial charge in [-0.2, -0.15) is 0 Å². The molecule has 0 amide bonds. The predicted octanol–water partition coefficient (Wildman–Crippen LogP) is 9.52. The van der Waals surface area contributed by atoms with E-state index in [1.165, 1.54) is 103 Å². The Morgan fingerprint density at radius 1 is 0.324 bits per heavy atom. The SMILES string of the molecule is CCO[Si](C)(CCCCCCCCCCCCCCCCCC[Si](C)(OCC)OCC)OCC. The van der Waals surface area contributed by atoms with Crippen molar-refractivity contribution < 1.29 is 17.7 Å². The smallest absolute Gasteiger partial charge is 0.334 e. The summed E-state index contributed by atoms with van der Waals surface area (Å²) in [5.41, 5.74) is 0. The van der Waals surface area contributed by atoms with Crippen molar-refractivity contribution >= 4 is 17.1 Å². The second-order valence-electron chi connectivity index (χ2n) is 10.2. The molecule has 0 aliphatic rings. The Kier molecular flexibility index (Phi) is 23.8. The lowest BCUT2D eigenvalue weighted by molar-refractivity contribution is 0.187. The first-order valence-corrected chi connectivity index (χ1v) is 20.1. The van der Waals surface area contributed by atoms with Gasteiger partial charge < -0.3 is 17.7 Å². The Hall–Kier alpha value is 0.274. The van der Waals surface area contributed by atoms with Crippen LogP contribution in [0.25, 0.3) is 0 Å². The quantitative estimate of drug-likeness (QED) is 0.0801. The molecular formula is C28H62O4Si2. The molecule has 0 saturated heterocycles. The van der Waals surface area contributed by atoms with Crippen LogP contribution in [0.5, 0.6) is 0 Å². The van der Waals surface area contributed by atoms with Crippen LogP contribution in [0.15, 0.2) is 0 Å². The summed E-state index contributed by atoms with van der Waals surface area (Å²) >= 11 is 0. The van der Waals surface area contributed by atoms with E-state index in [4.69, 9.17) is 17.7 Å². The standard InChI is InChI=1S/C28H62O4Si2/c1-7-29-33(5,30-8-2)27-25-23-21-19-17-15-13-11-12-14-16-18-20-22-24-26-28-34(6,31-9-3)32-10-4/h7-28H2,1-6H3. The van der Waals surface area contributed by atoms with E-state index in [9.17, 15) is 0 Å². The van der Waals surface area contributed by atoms with Crippen LogP contribution in [0.4, 0.5) is 0 Å². The van der Waals surface area contributed by atoms with E-state index < -0.39 is 17.1 Å². The molecule has 0 unspecified atom stereocenters. The van der Waals surface area contributed by atoms with Crippen molar-refractivity contribution in [3.05, 3.63) is 0 Å². The zero-order valence-electron chi connectivity index (χ0n) is 24.2. The van der Waals surface area contributed by atoms with Crippen LogP contribution in [0.3, 0.4) is 0 Å². The first-order chi connectivity index (χ1) is 16.4. The van der Waals surface area contributed by atoms with E-state index in [1.807, 2.05) is 0 Å². The van der Waals surface area contributed by atoms with Crippen molar-refractivity contribution in [3.8, 4) is 0 Å². The summed E-state index contributed by atoms with van der Waals surface area (Å²) in [6, 6.07) is 2.30. The lowest BCUT2D eigenvalue weighted by atomic mass is 10.0. The maximum Gasteiger partial charge on any atom is 0.334 e. The molecule has 0 heterocycles. The molecule has 0 bridgehead atoms. The first kappa shape index (κ1) is 34.3. The monoisotopic (exact) mass is 518 g/mol. The lowest BCUT2D eigenvalue weighted by Crippen LogP contribution is -2.38. The average molecular weight is 519 g/mol. The maximum atomic E-state index is 5.93. The number of unbranched alkanes of at least 4 members (excludes halogenated alkanes) is 15. The van der Waals surface area contributed by atoms with Crippen molar-refractivity contribution in [2.45, 2.75) is 156 Å². The molecule has 0 radical (unpaired) electrons. The van der Waals surface area contributed by atoms with Gasteiger partial charge in [-0.25, -0.2) is 0 Å². The van der Waals surface area contributed by atoms with Crippen molar-refractivity contribution in [1.82, 2.24) is 0 Å². The highest BCUT2D eigenvalue weighted by atomic mass is 28.4. The molecule has 0 aromatic carbocycles. The van der Waals surface area contributed by atoms with Gasteiger partial charge in [-0.15, -0.1) is 0 Å². The molecule has 0 atom stereocenters. The normalized spacial score (nSPS) is 12.5. The van der Waals surface area contributed by atoms with Gasteiger partial charge in [0.25, 0.3) is 0 Å². The highest BCUT2D eigenvalue weighted by Crippen LogP contribution is 2.21. The number of hydrogen-bond donors (Lipinski definition) is 0. The molecule has 206 valence electrons. The molecule has 0 aromatic heterocycles. The van der Waals surface area contributed by atoms with Gasteiger partial charge in [0.05, 0.1) is 0 Å². The zero-order valence-corrected chi connectivity index (χ0v) is 26.2. The minimum Gasteiger partial charge on any atom is -0.395 e. The van der Waals surface area contributed by atoms with Gasteiger partial charge in [0.2, 0.25) is 0 Å². The number of rotatable bonds is 27. The summed E-state index contributed by atoms with van der Waals surface area (Å²) in [7, 11) is -3.76. The van der Waals surface area contributed by atoms with Crippen LogP contribution >= 0.6 is 0 Å². The molecule has 0 N–H and O–H groups in total. The minimum absolute atomic E-state index is 0.786. The zero-order chi connectivity index (χ0) is 25.4. The molecule has 0 aromatic rings. The maximum absolute atomic E-state index is 5.93. The minimum atomic E-state index is -1.88. The van der Waals surface area contributed by atoms with Crippen LogP contribution in [0.2, 0.25) is 25.2 Å². The van der Waals surface area contributed by atoms with Crippen molar-refractivity contribution in [3.63, 3.8) is 0 Å². The van der Waals surface area contributed by atoms with E-state index in [0.717, 1.165) is 38.5 Å². The first-order valence-electron chi connectivity index (χ1n) is 15.0. The molecule has 0 aliphatic heterocycles. The Balaban J connectivity index is 3.38. The van der Waals surface area contributed by atoms with Gasteiger partial charge in [0, 0.05) is 26.4 Å². The van der Waals surface area contributed by atoms with E-state index in [-0.39, 0.29) is 0 Å². The van der Waals surface area contributed by atoms with Crippen LogP contribution in [0.1, 0.15) is 130 Å². The third-order valence-electron chi connectivity index (χ3n) is 6.81. The Morgan fingerprint density at radius 2 is 0.500 bits per heavy atom. The van der Waals surface area contributed by atoms with Gasteiger partial charge in [-0.05, 0) is 52.9 Å². The Bertz CT molecular complexity index is 373. The molecule has 0 rings (SSSR count). The molecular weight excluding hydrogens is 456 g/mol. The number of hydrogen-bond acceptors (Lipinski definition) is 4. The molecule has 34 heavy (non-hydrogen) atoms. The third kappa shape index (κ3) is 20.5. The summed E-state index contributed by atoms with van der Waals surface area (Å²) in [5.74, 6) is 0. The van der Waals surface area contributed by atoms with Crippen molar-refractivity contribution in [2.75, 3.05) is 26.4 Å². The highest BCUT2D eigenvalue weighted by molar-refractivity contribution is 6.66. The van der Waals surface area contributed by atoms with Gasteiger partial charge in [0.1, 0.15) is 0 Å². The molecule has 0 aliphatic carbocycles. The second kappa shape index (κ2) is 23.7. The summed E-state index contributed by atoms with van der Waals surface area (Å²) in [6.45, 7) is 15.9. The summed E-state index contributed by atoms with van der Waals surface area (Å²) in [6.07, 6.45) is 22.2. The van der Waals surface area contributed by atoms with Crippen LogP contribution in [-0.2, 0) is 17.7 Å². The Labute approximate surface area is 216 Å². The topological polar surface area (TPSA) is 36.9 Å². The van der Waals surface area contributed by atoms with Crippen molar-refractivity contribution in [2.24, 2.45) is 0 Å². The predicted molar refractivity (Wildman–Crippen MR) is 153 cm³/mol. The van der Waals surface area contributed by atoms with Gasteiger partial charge in [-0.1, -0.05) is 103 Å². The largest absolute Gasteiger partial charge is 0.395 e. The van der Waals surface area contributed by atoms with Gasteiger partial charge in [-0.3, -0.25) is 0 Å².